The van der Waals surface area contributed by atoms with E-state index in [2.05, 4.69) is 10.6 Å². The highest BCUT2D eigenvalue weighted by atomic mass is 32.2. The smallest absolute Gasteiger partial charge is 0.256 e. The zero-order valence-electron chi connectivity index (χ0n) is 19.2. The number of hydrogen-bond acceptors (Lipinski definition) is 5. The number of nitrogens with one attached hydrogen (secondary N) is 2. The van der Waals surface area contributed by atoms with Crippen molar-refractivity contribution in [2.45, 2.75) is 82.9 Å². The second-order valence-electron chi connectivity index (χ2n) is 8.86. The molecule has 2 heterocycles. The van der Waals surface area contributed by atoms with E-state index >= 15 is 0 Å². The van der Waals surface area contributed by atoms with Gasteiger partial charge >= 0.3 is 0 Å². The zero-order valence-corrected chi connectivity index (χ0v) is 20.0. The number of ether oxygens (including phenoxy) is 1. The lowest BCUT2D eigenvalue weighted by Crippen LogP contribution is -2.40. The standard InChI is InChI=1S/C24H37N3O4S/c1-32-14-8-12-25-23(29)20-16-27(15-19-11-7-13-31-19)17-21(22(20)28)24(30)26-18-9-5-3-2-4-6-10-18/h16-19H,2-15H2,1H3,(H,25,29)(H,26,30). The van der Waals surface area contributed by atoms with E-state index < -0.39 is 11.3 Å². The van der Waals surface area contributed by atoms with Crippen LogP contribution in [0.5, 0.6) is 0 Å². The van der Waals surface area contributed by atoms with Crippen molar-refractivity contribution in [2.24, 2.45) is 0 Å². The van der Waals surface area contributed by atoms with Crippen LogP contribution < -0.4 is 16.1 Å². The molecule has 2 aliphatic rings. The summed E-state index contributed by atoms with van der Waals surface area (Å²) in [6.45, 7) is 1.75. The molecule has 2 N–H and O–H groups in total. The van der Waals surface area contributed by atoms with Crippen molar-refractivity contribution in [3.05, 3.63) is 33.7 Å². The van der Waals surface area contributed by atoms with E-state index in [-0.39, 0.29) is 29.2 Å². The molecule has 1 aromatic heterocycles. The molecule has 0 radical (unpaired) electrons. The highest BCUT2D eigenvalue weighted by Gasteiger charge is 2.23. The molecule has 1 saturated heterocycles. The summed E-state index contributed by atoms with van der Waals surface area (Å²) >= 11 is 1.71. The molecule has 178 valence electrons. The van der Waals surface area contributed by atoms with Crippen LogP contribution in [0.2, 0.25) is 0 Å². The predicted molar refractivity (Wildman–Crippen MR) is 129 cm³/mol. The molecule has 3 rings (SSSR count). The topological polar surface area (TPSA) is 89.4 Å². The van der Waals surface area contributed by atoms with Crippen molar-refractivity contribution >= 4 is 23.6 Å². The maximum Gasteiger partial charge on any atom is 0.256 e. The summed E-state index contributed by atoms with van der Waals surface area (Å²) in [4.78, 5) is 39.0. The van der Waals surface area contributed by atoms with Gasteiger partial charge in [0.05, 0.1) is 6.10 Å². The van der Waals surface area contributed by atoms with Gasteiger partial charge in [-0.15, -0.1) is 0 Å². The van der Waals surface area contributed by atoms with E-state index in [1.807, 2.05) is 6.26 Å². The van der Waals surface area contributed by atoms with Crippen molar-refractivity contribution in [1.82, 2.24) is 15.2 Å². The van der Waals surface area contributed by atoms with Gasteiger partial charge in [-0.25, -0.2) is 0 Å². The number of aromatic nitrogens is 1. The minimum Gasteiger partial charge on any atom is -0.376 e. The van der Waals surface area contributed by atoms with Crippen LogP contribution in [0.15, 0.2) is 17.2 Å². The average molecular weight is 464 g/mol. The Balaban J connectivity index is 1.79. The fourth-order valence-corrected chi connectivity index (χ4v) is 4.89. The van der Waals surface area contributed by atoms with E-state index in [9.17, 15) is 14.4 Å². The first-order chi connectivity index (χ1) is 15.6. The van der Waals surface area contributed by atoms with Gasteiger partial charge in [-0.3, -0.25) is 14.4 Å². The summed E-state index contributed by atoms with van der Waals surface area (Å²) in [7, 11) is 0. The number of carbonyl (C=O) groups is 2. The second-order valence-corrected chi connectivity index (χ2v) is 9.85. The highest BCUT2D eigenvalue weighted by molar-refractivity contribution is 7.98. The first-order valence-electron chi connectivity index (χ1n) is 12.0. The summed E-state index contributed by atoms with van der Waals surface area (Å²) in [6.07, 6.45) is 15.7. The van der Waals surface area contributed by atoms with Gasteiger partial charge in [0.2, 0.25) is 5.43 Å². The minimum absolute atomic E-state index is 0.0254. The Hall–Kier alpha value is -1.80. The van der Waals surface area contributed by atoms with E-state index in [4.69, 9.17) is 4.74 Å². The van der Waals surface area contributed by atoms with Crippen LogP contribution in [0.25, 0.3) is 0 Å². The quantitative estimate of drug-likeness (QED) is 0.548. The molecule has 0 spiro atoms. The summed E-state index contributed by atoms with van der Waals surface area (Å²) in [5.41, 5.74) is -0.432. The number of rotatable bonds is 9. The molecule has 1 atom stereocenters. The van der Waals surface area contributed by atoms with Crippen LogP contribution in [-0.2, 0) is 11.3 Å². The van der Waals surface area contributed by atoms with Crippen molar-refractivity contribution in [2.75, 3.05) is 25.2 Å². The first kappa shape index (κ1) is 24.8. The summed E-state index contributed by atoms with van der Waals surface area (Å²) in [5.74, 6) is 0.143. The van der Waals surface area contributed by atoms with Gasteiger partial charge in [0.1, 0.15) is 11.1 Å². The first-order valence-corrected chi connectivity index (χ1v) is 13.4. The van der Waals surface area contributed by atoms with Crippen molar-refractivity contribution < 1.29 is 14.3 Å². The van der Waals surface area contributed by atoms with E-state index in [1.165, 1.54) is 19.3 Å². The van der Waals surface area contributed by atoms with Gasteiger partial charge in [0.15, 0.2) is 0 Å². The molecule has 1 unspecified atom stereocenters. The monoisotopic (exact) mass is 463 g/mol. The Labute approximate surface area is 195 Å². The van der Waals surface area contributed by atoms with Gasteiger partial charge in [0, 0.05) is 38.1 Å². The Kier molecular flexibility index (Phi) is 10.1. The number of amides is 2. The van der Waals surface area contributed by atoms with Gasteiger partial charge < -0.3 is 19.9 Å². The minimum atomic E-state index is -0.501. The molecule has 1 aliphatic heterocycles. The van der Waals surface area contributed by atoms with Gasteiger partial charge in [-0.05, 0) is 44.1 Å². The number of nitrogens with zero attached hydrogens (tertiary/aromatic N) is 1. The lowest BCUT2D eigenvalue weighted by molar-refractivity contribution is 0.0914. The Morgan fingerprint density at radius 1 is 1.03 bits per heavy atom. The predicted octanol–water partition coefficient (Wildman–Crippen LogP) is 3.35. The third-order valence-electron chi connectivity index (χ3n) is 6.26. The largest absolute Gasteiger partial charge is 0.376 e. The van der Waals surface area contributed by atoms with Crippen molar-refractivity contribution in [1.29, 1.82) is 0 Å². The number of thioether (sulfide) groups is 1. The molecule has 1 aliphatic carbocycles. The second kappa shape index (κ2) is 13.0. The number of hydrogen-bond donors (Lipinski definition) is 2. The molecular weight excluding hydrogens is 426 g/mol. The normalized spacial score (nSPS) is 19.8. The van der Waals surface area contributed by atoms with Crippen LogP contribution in [-0.4, -0.2) is 53.7 Å². The summed E-state index contributed by atoms with van der Waals surface area (Å²) < 4.78 is 7.50. The van der Waals surface area contributed by atoms with Gasteiger partial charge in [-0.2, -0.15) is 11.8 Å². The highest BCUT2D eigenvalue weighted by Crippen LogP contribution is 2.18. The summed E-state index contributed by atoms with van der Waals surface area (Å²) in [5, 5.41) is 5.90. The molecule has 1 aromatic rings. The SMILES string of the molecule is CSCCCNC(=O)c1cn(CC2CCCO2)cc(C(=O)NC2CCCCCCC2)c1=O. The maximum absolute atomic E-state index is 13.1. The van der Waals surface area contributed by atoms with Crippen LogP contribution >= 0.6 is 11.8 Å². The van der Waals surface area contributed by atoms with Gasteiger partial charge in [0.25, 0.3) is 11.8 Å². The van der Waals surface area contributed by atoms with Crippen LogP contribution in [0, 0.1) is 0 Å². The Morgan fingerprint density at radius 2 is 1.72 bits per heavy atom. The fraction of sp³-hybridized carbons (Fsp3) is 0.708. The van der Waals surface area contributed by atoms with Gasteiger partial charge in [-0.1, -0.05) is 32.1 Å². The molecule has 2 fully saturated rings. The molecule has 32 heavy (non-hydrogen) atoms. The number of carbonyl (C=O) groups excluding carboxylic acids is 2. The molecule has 0 aromatic carbocycles. The van der Waals surface area contributed by atoms with E-state index in [0.29, 0.717) is 13.1 Å². The lowest BCUT2D eigenvalue weighted by Gasteiger charge is -2.21. The molecule has 2 amide bonds. The van der Waals surface area contributed by atoms with Crippen molar-refractivity contribution in [3.8, 4) is 0 Å². The molecule has 8 heteroatoms. The van der Waals surface area contributed by atoms with E-state index in [1.54, 1.807) is 28.7 Å². The lowest BCUT2D eigenvalue weighted by atomic mass is 9.96. The van der Waals surface area contributed by atoms with Crippen LogP contribution in [0.4, 0.5) is 0 Å². The maximum atomic E-state index is 13.1. The molecule has 1 saturated carbocycles. The molecular formula is C24H37N3O4S. The number of pyridine rings is 1. The molecule has 7 nitrogen and oxygen atoms in total. The summed E-state index contributed by atoms with van der Waals surface area (Å²) in [6, 6.07) is 0.0813. The van der Waals surface area contributed by atoms with Crippen LogP contribution in [0.1, 0.15) is 84.9 Å². The molecule has 0 bridgehead atoms. The van der Waals surface area contributed by atoms with E-state index in [0.717, 1.165) is 57.3 Å². The van der Waals surface area contributed by atoms with Crippen LogP contribution in [0.3, 0.4) is 0 Å². The third-order valence-corrected chi connectivity index (χ3v) is 6.95. The Morgan fingerprint density at radius 3 is 2.38 bits per heavy atom. The van der Waals surface area contributed by atoms with Crippen molar-refractivity contribution in [3.63, 3.8) is 0 Å². The zero-order chi connectivity index (χ0) is 22.8. The third kappa shape index (κ3) is 7.37. The Bertz CT molecular complexity index is 812. The fourth-order valence-electron chi connectivity index (χ4n) is 4.46. The average Bonchev–Trinajstić information content (AvgIpc) is 3.27.